The molecule has 0 radical (unpaired) electrons. The number of carbonyl (C=O) groups excluding carboxylic acids is 1. The van der Waals surface area contributed by atoms with Crippen LogP contribution in [0.1, 0.15) is 43.7 Å². The molecule has 0 unspecified atom stereocenters. The molecule has 0 aliphatic carbocycles. The fourth-order valence-corrected chi connectivity index (χ4v) is 2.98. The first kappa shape index (κ1) is 17.8. The van der Waals surface area contributed by atoms with E-state index in [0.717, 1.165) is 17.8 Å². The van der Waals surface area contributed by atoms with E-state index in [1.54, 1.807) is 6.20 Å². The summed E-state index contributed by atoms with van der Waals surface area (Å²) in [5.74, 6) is 0.712. The zero-order valence-electron chi connectivity index (χ0n) is 15.1. The van der Waals surface area contributed by atoms with E-state index in [1.807, 2.05) is 62.0 Å². The predicted octanol–water partition coefficient (Wildman–Crippen LogP) is 1.90. The van der Waals surface area contributed by atoms with Gasteiger partial charge in [0, 0.05) is 19.4 Å². The Bertz CT molecular complexity index is 828. The number of tetrazole rings is 1. The van der Waals surface area contributed by atoms with Crippen molar-refractivity contribution in [3.05, 3.63) is 60.4 Å². The number of nitrogens with zero attached hydrogens (tertiary/aromatic N) is 6. The van der Waals surface area contributed by atoms with Crippen molar-refractivity contribution >= 4 is 5.91 Å². The summed E-state index contributed by atoms with van der Waals surface area (Å²) in [6.07, 6.45) is 5.90. The van der Waals surface area contributed by atoms with Crippen LogP contribution in [0.25, 0.3) is 0 Å². The molecule has 2 aromatic heterocycles. The molecule has 1 aromatic carbocycles. The normalized spacial score (nSPS) is 14.6. The second-order valence-corrected chi connectivity index (χ2v) is 6.37. The van der Waals surface area contributed by atoms with E-state index in [9.17, 15) is 4.79 Å². The van der Waals surface area contributed by atoms with E-state index >= 15 is 0 Å². The smallest absolute Gasteiger partial charge is 0.246 e. The standard InChI is InChI=1S/C18H23N7O/c1-4-13(2)16(25-12-20-22-23-25)18(26)21-15(14-8-6-5-7-9-14)17-19-10-11-24(17)3/h5-13,15-16H,4H2,1-3H3,(H,21,26)/t13-,15+,16-/m0/s1. The van der Waals surface area contributed by atoms with Gasteiger partial charge < -0.3 is 9.88 Å². The van der Waals surface area contributed by atoms with Gasteiger partial charge in [-0.3, -0.25) is 4.79 Å². The summed E-state index contributed by atoms with van der Waals surface area (Å²) >= 11 is 0. The molecule has 0 spiro atoms. The molecule has 0 saturated heterocycles. The Kier molecular flexibility index (Phi) is 5.40. The van der Waals surface area contributed by atoms with E-state index in [1.165, 1.54) is 11.0 Å². The van der Waals surface area contributed by atoms with Crippen molar-refractivity contribution in [3.8, 4) is 0 Å². The molecule has 136 valence electrons. The maximum atomic E-state index is 13.2. The monoisotopic (exact) mass is 353 g/mol. The molecule has 0 aliphatic heterocycles. The lowest BCUT2D eigenvalue weighted by molar-refractivity contribution is -0.126. The van der Waals surface area contributed by atoms with E-state index in [-0.39, 0.29) is 17.9 Å². The maximum absolute atomic E-state index is 13.2. The molecule has 1 amide bonds. The number of benzene rings is 1. The average molecular weight is 353 g/mol. The quantitative estimate of drug-likeness (QED) is 0.700. The third-order valence-corrected chi connectivity index (χ3v) is 4.64. The highest BCUT2D eigenvalue weighted by molar-refractivity contribution is 5.81. The minimum atomic E-state index is -0.485. The largest absolute Gasteiger partial charge is 0.340 e. The molecule has 8 heteroatoms. The Labute approximate surface area is 152 Å². The number of nitrogens with one attached hydrogen (secondary N) is 1. The van der Waals surface area contributed by atoms with Crippen molar-refractivity contribution in [2.24, 2.45) is 13.0 Å². The zero-order chi connectivity index (χ0) is 18.5. The maximum Gasteiger partial charge on any atom is 0.246 e. The molecule has 0 fully saturated rings. The van der Waals surface area contributed by atoms with Crippen LogP contribution in [0.4, 0.5) is 0 Å². The molecule has 1 N–H and O–H groups in total. The number of amides is 1. The fourth-order valence-electron chi connectivity index (χ4n) is 2.98. The van der Waals surface area contributed by atoms with Crippen LogP contribution < -0.4 is 5.32 Å². The minimum Gasteiger partial charge on any atom is -0.340 e. The Morgan fingerprint density at radius 3 is 2.62 bits per heavy atom. The second kappa shape index (κ2) is 7.90. The highest BCUT2D eigenvalue weighted by Crippen LogP contribution is 2.24. The summed E-state index contributed by atoms with van der Waals surface area (Å²) in [6.45, 7) is 4.06. The molecule has 2 heterocycles. The summed E-state index contributed by atoms with van der Waals surface area (Å²) in [5.41, 5.74) is 0.967. The van der Waals surface area contributed by atoms with Gasteiger partial charge in [-0.15, -0.1) is 5.10 Å². The van der Waals surface area contributed by atoms with Crippen molar-refractivity contribution in [2.75, 3.05) is 0 Å². The van der Waals surface area contributed by atoms with Crippen LogP contribution in [0.2, 0.25) is 0 Å². The number of carbonyl (C=O) groups is 1. The molecule has 26 heavy (non-hydrogen) atoms. The summed E-state index contributed by atoms with van der Waals surface area (Å²) < 4.78 is 3.43. The Morgan fingerprint density at radius 2 is 2.04 bits per heavy atom. The second-order valence-electron chi connectivity index (χ2n) is 6.37. The number of aromatic nitrogens is 6. The van der Waals surface area contributed by atoms with Crippen molar-refractivity contribution < 1.29 is 4.79 Å². The van der Waals surface area contributed by atoms with Crippen LogP contribution >= 0.6 is 0 Å². The van der Waals surface area contributed by atoms with Gasteiger partial charge in [0.05, 0.1) is 0 Å². The third kappa shape index (κ3) is 3.63. The fraction of sp³-hybridized carbons (Fsp3) is 0.389. The van der Waals surface area contributed by atoms with Crippen LogP contribution in [-0.4, -0.2) is 35.7 Å². The molecule has 0 aliphatic rings. The molecular formula is C18H23N7O. The van der Waals surface area contributed by atoms with Crippen molar-refractivity contribution in [3.63, 3.8) is 0 Å². The Morgan fingerprint density at radius 1 is 1.27 bits per heavy atom. The number of imidazole rings is 1. The van der Waals surface area contributed by atoms with Crippen LogP contribution in [0, 0.1) is 5.92 Å². The first-order valence-electron chi connectivity index (χ1n) is 8.66. The summed E-state index contributed by atoms with van der Waals surface area (Å²) in [5, 5.41) is 14.4. The third-order valence-electron chi connectivity index (χ3n) is 4.64. The van der Waals surface area contributed by atoms with Gasteiger partial charge in [0.25, 0.3) is 0 Å². The predicted molar refractivity (Wildman–Crippen MR) is 95.9 cm³/mol. The molecule has 3 aromatic rings. The highest BCUT2D eigenvalue weighted by atomic mass is 16.2. The summed E-state index contributed by atoms with van der Waals surface area (Å²) in [7, 11) is 1.91. The highest BCUT2D eigenvalue weighted by Gasteiger charge is 2.30. The van der Waals surface area contributed by atoms with Crippen LogP contribution in [0.3, 0.4) is 0 Å². The average Bonchev–Trinajstić information content (AvgIpc) is 3.32. The Balaban J connectivity index is 1.93. The van der Waals surface area contributed by atoms with Gasteiger partial charge in [0.15, 0.2) is 0 Å². The molecule has 0 bridgehead atoms. The zero-order valence-corrected chi connectivity index (χ0v) is 15.1. The molecule has 3 rings (SSSR count). The SMILES string of the molecule is CC[C@H](C)[C@@H](C(=O)N[C@H](c1ccccc1)c1nccn1C)n1cnnn1. The van der Waals surface area contributed by atoms with E-state index in [4.69, 9.17) is 0 Å². The Hall–Kier alpha value is -3.03. The lowest BCUT2D eigenvalue weighted by atomic mass is 9.97. The van der Waals surface area contributed by atoms with Crippen molar-refractivity contribution in [1.29, 1.82) is 0 Å². The van der Waals surface area contributed by atoms with Crippen LogP contribution in [0.15, 0.2) is 49.1 Å². The van der Waals surface area contributed by atoms with Crippen LogP contribution in [0.5, 0.6) is 0 Å². The number of aryl methyl sites for hydroxylation is 1. The van der Waals surface area contributed by atoms with Gasteiger partial charge in [-0.25, -0.2) is 9.67 Å². The van der Waals surface area contributed by atoms with Gasteiger partial charge in [0.1, 0.15) is 24.2 Å². The minimum absolute atomic E-state index is 0.0799. The number of hydrogen-bond donors (Lipinski definition) is 1. The van der Waals surface area contributed by atoms with E-state index in [2.05, 4.69) is 25.8 Å². The van der Waals surface area contributed by atoms with Gasteiger partial charge in [-0.05, 0) is 21.9 Å². The lowest BCUT2D eigenvalue weighted by Crippen LogP contribution is -2.39. The summed E-state index contributed by atoms with van der Waals surface area (Å²) in [4.78, 5) is 17.6. The molecule has 8 nitrogen and oxygen atoms in total. The number of rotatable bonds is 7. The first-order chi connectivity index (χ1) is 12.6. The van der Waals surface area contributed by atoms with Gasteiger partial charge in [-0.2, -0.15) is 0 Å². The van der Waals surface area contributed by atoms with Gasteiger partial charge in [0.2, 0.25) is 5.91 Å². The molecule has 0 saturated carbocycles. The lowest BCUT2D eigenvalue weighted by Gasteiger charge is -2.25. The molecular weight excluding hydrogens is 330 g/mol. The van der Waals surface area contributed by atoms with Gasteiger partial charge in [-0.1, -0.05) is 50.6 Å². The van der Waals surface area contributed by atoms with E-state index in [0.29, 0.717) is 0 Å². The van der Waals surface area contributed by atoms with Gasteiger partial charge >= 0.3 is 0 Å². The van der Waals surface area contributed by atoms with Crippen molar-refractivity contribution in [2.45, 2.75) is 32.4 Å². The number of hydrogen-bond acceptors (Lipinski definition) is 5. The topological polar surface area (TPSA) is 90.5 Å². The van der Waals surface area contributed by atoms with E-state index < -0.39 is 6.04 Å². The molecule has 3 atom stereocenters. The van der Waals surface area contributed by atoms with Crippen LogP contribution in [-0.2, 0) is 11.8 Å². The first-order valence-corrected chi connectivity index (χ1v) is 8.66. The van der Waals surface area contributed by atoms with Crippen molar-refractivity contribution in [1.82, 2.24) is 35.1 Å². The summed E-state index contributed by atoms with van der Waals surface area (Å²) in [6, 6.07) is 8.97.